The number of hydrogen-bond donors (Lipinski definition) is 0. The average molecular weight is 449 g/mol. The van der Waals surface area contributed by atoms with Gasteiger partial charge in [0.25, 0.3) is 11.8 Å². The summed E-state index contributed by atoms with van der Waals surface area (Å²) < 4.78 is 28.0. The lowest BCUT2D eigenvalue weighted by molar-refractivity contribution is 0.0982. The Bertz CT molecular complexity index is 851. The number of anilines is 1. The van der Waals surface area contributed by atoms with Gasteiger partial charge in [-0.1, -0.05) is 6.92 Å². The Kier molecular flexibility index (Phi) is 7.55. The van der Waals surface area contributed by atoms with Crippen molar-refractivity contribution >= 4 is 16.7 Å². The molecule has 1 saturated heterocycles. The molecular formula is C22H32N4O4S. The molecule has 2 fully saturated rings. The number of piperidine rings is 1. The highest BCUT2D eigenvalue weighted by Crippen LogP contribution is 2.49. The smallest absolute Gasteiger partial charge is 0.266 e. The third-order valence-electron chi connectivity index (χ3n) is 6.22. The van der Waals surface area contributed by atoms with Gasteiger partial charge in [0.1, 0.15) is 6.61 Å². The number of rotatable bonds is 11. The second kappa shape index (κ2) is 10.5. The molecule has 0 aromatic carbocycles. The van der Waals surface area contributed by atoms with Crippen LogP contribution >= 0.6 is 0 Å². The molecule has 1 saturated carbocycles. The molecular weight excluding hydrogens is 416 g/mol. The molecule has 8 nitrogen and oxygen atoms in total. The van der Waals surface area contributed by atoms with Crippen LogP contribution in [0, 0.1) is 17.8 Å². The summed E-state index contributed by atoms with van der Waals surface area (Å²) in [5, 5.41) is 4.12. The zero-order chi connectivity index (χ0) is 21.6. The Morgan fingerprint density at radius 3 is 2.81 bits per heavy atom. The monoisotopic (exact) mass is 448 g/mol. The number of ether oxygens (including phenoxy) is 2. The van der Waals surface area contributed by atoms with Gasteiger partial charge in [0.2, 0.25) is 5.88 Å². The van der Waals surface area contributed by atoms with Crippen molar-refractivity contribution in [1.29, 1.82) is 0 Å². The van der Waals surface area contributed by atoms with E-state index in [4.69, 9.17) is 14.0 Å². The van der Waals surface area contributed by atoms with Crippen molar-refractivity contribution in [2.24, 2.45) is 17.8 Å². The van der Waals surface area contributed by atoms with Crippen LogP contribution in [0.1, 0.15) is 44.9 Å². The molecule has 1 aliphatic heterocycles. The molecule has 4 rings (SSSR count). The number of hydrogen-bond acceptors (Lipinski definition) is 8. The molecule has 0 spiro atoms. The minimum Gasteiger partial charge on any atom is -0.478 e. The Balaban J connectivity index is 1.14. The molecule has 9 heteroatoms. The Hall–Kier alpha value is -2.00. The molecule has 3 unspecified atom stereocenters. The van der Waals surface area contributed by atoms with Crippen molar-refractivity contribution < 1.29 is 18.2 Å². The minimum atomic E-state index is -1.00. The van der Waals surface area contributed by atoms with E-state index >= 15 is 0 Å². The molecule has 2 aliphatic rings. The van der Waals surface area contributed by atoms with Gasteiger partial charge in [-0.25, -0.2) is 4.98 Å². The molecule has 0 amide bonds. The van der Waals surface area contributed by atoms with Crippen LogP contribution in [0.25, 0.3) is 0 Å². The van der Waals surface area contributed by atoms with E-state index in [9.17, 15) is 4.21 Å². The SMILES string of the molecule is CCCOCc1nc(N2CCC(C3CC3CCOc3ccc(S(C)=O)cn3)CC2)no1. The normalized spacial score (nSPS) is 22.5. The maximum Gasteiger partial charge on any atom is 0.266 e. The summed E-state index contributed by atoms with van der Waals surface area (Å²) in [6, 6.07) is 3.62. The second-order valence-electron chi connectivity index (χ2n) is 8.45. The number of nitrogens with zero attached hydrogens (tertiary/aromatic N) is 4. The lowest BCUT2D eigenvalue weighted by Gasteiger charge is -2.31. The zero-order valence-electron chi connectivity index (χ0n) is 18.4. The molecule has 3 atom stereocenters. The van der Waals surface area contributed by atoms with Crippen LogP contribution in [0.2, 0.25) is 0 Å². The molecule has 170 valence electrons. The topological polar surface area (TPSA) is 90.6 Å². The zero-order valence-corrected chi connectivity index (χ0v) is 19.2. The first-order chi connectivity index (χ1) is 15.1. The first-order valence-corrected chi connectivity index (χ1v) is 12.8. The molecule has 2 aromatic rings. The van der Waals surface area contributed by atoms with Crippen LogP contribution < -0.4 is 9.64 Å². The van der Waals surface area contributed by atoms with E-state index in [0.717, 1.165) is 48.6 Å². The summed E-state index contributed by atoms with van der Waals surface area (Å²) in [7, 11) is -1.00. The third kappa shape index (κ3) is 6.04. The van der Waals surface area contributed by atoms with E-state index in [0.29, 0.717) is 37.5 Å². The summed E-state index contributed by atoms with van der Waals surface area (Å²) in [5.41, 5.74) is 0. The van der Waals surface area contributed by atoms with E-state index in [1.807, 2.05) is 6.07 Å². The maximum absolute atomic E-state index is 11.4. The standard InChI is InChI=1S/C22H32N4O4S/c1-3-11-28-15-21-24-22(25-30-21)26-9-6-16(7-10-26)19-13-17(19)8-12-29-20-5-4-18(14-23-20)31(2)27/h4-5,14,16-17,19H,3,6-13,15H2,1-2H3. The third-order valence-corrected chi connectivity index (χ3v) is 7.12. The highest BCUT2D eigenvalue weighted by molar-refractivity contribution is 7.84. The number of pyridine rings is 1. The van der Waals surface area contributed by atoms with Crippen LogP contribution in [0.5, 0.6) is 5.88 Å². The van der Waals surface area contributed by atoms with E-state index in [1.54, 1.807) is 18.5 Å². The quantitative estimate of drug-likeness (QED) is 0.483. The van der Waals surface area contributed by atoms with E-state index in [-0.39, 0.29) is 0 Å². The Labute approximate surface area is 186 Å². The predicted molar refractivity (Wildman–Crippen MR) is 117 cm³/mol. The van der Waals surface area contributed by atoms with Crippen LogP contribution in [-0.2, 0) is 22.1 Å². The van der Waals surface area contributed by atoms with E-state index in [2.05, 4.69) is 26.9 Å². The fourth-order valence-electron chi connectivity index (χ4n) is 4.38. The molecule has 0 radical (unpaired) electrons. The lowest BCUT2D eigenvalue weighted by atomic mass is 9.90. The van der Waals surface area contributed by atoms with Gasteiger partial charge < -0.3 is 18.9 Å². The van der Waals surface area contributed by atoms with Crippen LogP contribution in [-0.4, -0.2) is 51.9 Å². The molecule has 1 aliphatic carbocycles. The summed E-state index contributed by atoms with van der Waals surface area (Å²) in [6.45, 7) is 5.82. The molecule has 2 aromatic heterocycles. The predicted octanol–water partition coefficient (Wildman–Crippen LogP) is 3.45. The van der Waals surface area contributed by atoms with Crippen molar-refractivity contribution in [2.45, 2.75) is 50.5 Å². The summed E-state index contributed by atoms with van der Waals surface area (Å²) in [4.78, 5) is 11.7. The van der Waals surface area contributed by atoms with Gasteiger partial charge in [0.15, 0.2) is 0 Å². The maximum atomic E-state index is 11.4. The van der Waals surface area contributed by atoms with Crippen molar-refractivity contribution in [3.63, 3.8) is 0 Å². The first-order valence-electron chi connectivity index (χ1n) is 11.2. The average Bonchev–Trinajstić information content (AvgIpc) is 3.40. The van der Waals surface area contributed by atoms with Crippen LogP contribution in [0.15, 0.2) is 27.7 Å². The fraction of sp³-hybridized carbons (Fsp3) is 0.682. The van der Waals surface area contributed by atoms with Gasteiger partial charge in [-0.15, -0.1) is 0 Å². The second-order valence-corrected chi connectivity index (χ2v) is 9.83. The fourth-order valence-corrected chi connectivity index (χ4v) is 4.84. The Morgan fingerprint density at radius 2 is 2.10 bits per heavy atom. The van der Waals surface area contributed by atoms with Crippen LogP contribution in [0.4, 0.5) is 5.95 Å². The summed E-state index contributed by atoms with van der Waals surface area (Å²) in [6.07, 6.45) is 8.98. The van der Waals surface area contributed by atoms with Crippen molar-refractivity contribution in [3.8, 4) is 5.88 Å². The largest absolute Gasteiger partial charge is 0.478 e. The summed E-state index contributed by atoms with van der Waals surface area (Å²) >= 11 is 0. The van der Waals surface area contributed by atoms with Gasteiger partial charge in [0, 0.05) is 38.2 Å². The van der Waals surface area contributed by atoms with Gasteiger partial charge in [0.05, 0.1) is 22.3 Å². The summed E-state index contributed by atoms with van der Waals surface area (Å²) in [5.74, 6) is 4.20. The number of aromatic nitrogens is 3. The van der Waals surface area contributed by atoms with Crippen LogP contribution in [0.3, 0.4) is 0 Å². The van der Waals surface area contributed by atoms with Crippen molar-refractivity contribution in [3.05, 3.63) is 24.2 Å². The van der Waals surface area contributed by atoms with Gasteiger partial charge >= 0.3 is 0 Å². The lowest BCUT2D eigenvalue weighted by Crippen LogP contribution is -2.35. The van der Waals surface area contributed by atoms with Gasteiger partial charge in [-0.2, -0.15) is 4.98 Å². The minimum absolute atomic E-state index is 0.390. The molecule has 31 heavy (non-hydrogen) atoms. The Morgan fingerprint density at radius 1 is 1.26 bits per heavy atom. The van der Waals surface area contributed by atoms with E-state index in [1.165, 1.54) is 19.3 Å². The first kappa shape index (κ1) is 22.2. The molecule has 0 bridgehead atoms. The van der Waals surface area contributed by atoms with E-state index < -0.39 is 10.8 Å². The molecule has 0 N–H and O–H groups in total. The van der Waals surface area contributed by atoms with Gasteiger partial charge in [-0.3, -0.25) is 4.21 Å². The highest BCUT2D eigenvalue weighted by atomic mass is 32.2. The highest BCUT2D eigenvalue weighted by Gasteiger charge is 2.43. The van der Waals surface area contributed by atoms with Crippen molar-refractivity contribution in [2.75, 3.05) is 37.5 Å². The van der Waals surface area contributed by atoms with Crippen molar-refractivity contribution in [1.82, 2.24) is 15.1 Å². The van der Waals surface area contributed by atoms with Gasteiger partial charge in [-0.05, 0) is 61.1 Å². The molecule has 3 heterocycles.